The molecule has 0 aromatic heterocycles. The first-order valence-corrected chi connectivity index (χ1v) is 13.8. The number of ketones is 1. The van der Waals surface area contributed by atoms with Gasteiger partial charge in [0.25, 0.3) is 11.7 Å². The number of rotatable bonds is 10. The highest BCUT2D eigenvalue weighted by Gasteiger charge is 2.45. The molecule has 2 fully saturated rings. The lowest BCUT2D eigenvalue weighted by Gasteiger charge is -2.29. The van der Waals surface area contributed by atoms with Crippen molar-refractivity contribution in [3.05, 3.63) is 69.2 Å². The van der Waals surface area contributed by atoms with Gasteiger partial charge < -0.3 is 19.5 Å². The second-order valence-electron chi connectivity index (χ2n) is 9.53. The number of carbonyl (C=O) groups is 2. The smallest absolute Gasteiger partial charge is 0.295 e. The molecule has 7 nitrogen and oxygen atoms in total. The van der Waals surface area contributed by atoms with Crippen LogP contribution in [0, 0.1) is 6.92 Å². The summed E-state index contributed by atoms with van der Waals surface area (Å²) in [5.41, 5.74) is 2.26. The van der Waals surface area contributed by atoms with Crippen LogP contribution in [-0.2, 0) is 14.3 Å². The van der Waals surface area contributed by atoms with Crippen molar-refractivity contribution in [2.75, 3.05) is 46.0 Å². The van der Waals surface area contributed by atoms with Crippen LogP contribution in [0.15, 0.2) is 52.5 Å². The SMILES string of the molecule is CCCCOc1ccc(/C(O)=C2\C(=O)C(=O)N(CCCN3CCOCC3)[C@@H]2c2ccc(Br)cc2)cc1C. The molecular formula is C29H35BrN2O5. The van der Waals surface area contributed by atoms with Gasteiger partial charge >= 0.3 is 0 Å². The number of unbranched alkanes of at least 4 members (excludes halogenated alkanes) is 1. The van der Waals surface area contributed by atoms with Crippen molar-refractivity contribution in [1.29, 1.82) is 0 Å². The molecule has 0 radical (unpaired) electrons. The fraction of sp³-hybridized carbons (Fsp3) is 0.448. The van der Waals surface area contributed by atoms with Gasteiger partial charge in [-0.25, -0.2) is 0 Å². The summed E-state index contributed by atoms with van der Waals surface area (Å²) in [6.45, 7) is 9.05. The highest BCUT2D eigenvalue weighted by atomic mass is 79.9. The maximum absolute atomic E-state index is 13.3. The lowest BCUT2D eigenvalue weighted by atomic mass is 9.94. The molecule has 37 heavy (non-hydrogen) atoms. The molecule has 2 heterocycles. The summed E-state index contributed by atoms with van der Waals surface area (Å²) in [6, 6.07) is 12.3. The summed E-state index contributed by atoms with van der Waals surface area (Å²) in [7, 11) is 0. The molecule has 2 aromatic carbocycles. The molecule has 0 aliphatic carbocycles. The summed E-state index contributed by atoms with van der Waals surface area (Å²) in [6.07, 6.45) is 2.73. The molecular weight excluding hydrogens is 536 g/mol. The largest absolute Gasteiger partial charge is 0.507 e. The first kappa shape index (κ1) is 27.4. The average molecular weight is 572 g/mol. The van der Waals surface area contributed by atoms with Gasteiger partial charge in [-0.3, -0.25) is 14.5 Å². The van der Waals surface area contributed by atoms with Gasteiger partial charge in [0.05, 0.1) is 31.4 Å². The second kappa shape index (κ2) is 12.7. The zero-order chi connectivity index (χ0) is 26.4. The summed E-state index contributed by atoms with van der Waals surface area (Å²) in [5.74, 6) is -0.645. The summed E-state index contributed by atoms with van der Waals surface area (Å²) < 4.78 is 12.2. The normalized spacial score (nSPS) is 20.0. The first-order chi connectivity index (χ1) is 17.9. The van der Waals surface area contributed by atoms with Crippen molar-refractivity contribution in [1.82, 2.24) is 9.80 Å². The third-order valence-electron chi connectivity index (χ3n) is 6.91. The molecule has 8 heteroatoms. The Hall–Kier alpha value is -2.68. The van der Waals surface area contributed by atoms with Gasteiger partial charge in [-0.2, -0.15) is 0 Å². The van der Waals surface area contributed by atoms with Crippen molar-refractivity contribution in [3.8, 4) is 5.75 Å². The highest BCUT2D eigenvalue weighted by Crippen LogP contribution is 2.40. The predicted octanol–water partition coefficient (Wildman–Crippen LogP) is 5.08. The number of benzene rings is 2. The maximum Gasteiger partial charge on any atom is 0.295 e. The predicted molar refractivity (Wildman–Crippen MR) is 147 cm³/mol. The van der Waals surface area contributed by atoms with Crippen LogP contribution in [0.5, 0.6) is 5.75 Å². The van der Waals surface area contributed by atoms with E-state index in [-0.39, 0.29) is 11.3 Å². The van der Waals surface area contributed by atoms with Crippen LogP contribution in [0.25, 0.3) is 5.76 Å². The minimum absolute atomic E-state index is 0.123. The van der Waals surface area contributed by atoms with E-state index in [0.717, 1.165) is 60.2 Å². The summed E-state index contributed by atoms with van der Waals surface area (Å²) in [5, 5.41) is 11.4. The minimum atomic E-state index is -0.655. The molecule has 1 atom stereocenters. The molecule has 2 aromatic rings. The molecule has 198 valence electrons. The van der Waals surface area contributed by atoms with E-state index in [0.29, 0.717) is 31.9 Å². The molecule has 1 amide bonds. The Morgan fingerprint density at radius 1 is 1.08 bits per heavy atom. The highest BCUT2D eigenvalue weighted by molar-refractivity contribution is 9.10. The van der Waals surface area contributed by atoms with Gasteiger partial charge in [0.2, 0.25) is 0 Å². The van der Waals surface area contributed by atoms with Gasteiger partial charge in [-0.1, -0.05) is 41.4 Å². The standard InChI is InChI=1S/C29H35BrN2O5/c1-3-4-16-37-24-11-8-22(19-20(24)2)27(33)25-26(21-6-9-23(30)10-7-21)32(29(35)28(25)34)13-5-12-31-14-17-36-18-15-31/h6-11,19,26,33H,3-5,12-18H2,1-2H3/b27-25+/t26-/m1/s1. The Bertz CT molecular complexity index is 1140. The lowest BCUT2D eigenvalue weighted by Crippen LogP contribution is -2.38. The van der Waals surface area contributed by atoms with Crippen molar-refractivity contribution in [3.63, 3.8) is 0 Å². The number of morpholine rings is 1. The Balaban J connectivity index is 1.64. The zero-order valence-corrected chi connectivity index (χ0v) is 23.1. The third-order valence-corrected chi connectivity index (χ3v) is 7.44. The fourth-order valence-corrected chi connectivity index (χ4v) is 5.10. The van der Waals surface area contributed by atoms with E-state index >= 15 is 0 Å². The average Bonchev–Trinajstić information content (AvgIpc) is 3.15. The van der Waals surface area contributed by atoms with Crippen LogP contribution in [0.1, 0.15) is 48.9 Å². The number of hydrogen-bond donors (Lipinski definition) is 1. The quantitative estimate of drug-likeness (QED) is 0.186. The molecule has 2 aliphatic heterocycles. The molecule has 0 spiro atoms. The van der Waals surface area contributed by atoms with E-state index in [9.17, 15) is 14.7 Å². The molecule has 0 unspecified atom stereocenters. The maximum atomic E-state index is 13.3. The molecule has 2 saturated heterocycles. The van der Waals surface area contributed by atoms with Gasteiger partial charge in [0.1, 0.15) is 11.5 Å². The number of likely N-dealkylation sites (tertiary alicyclic amines) is 1. The van der Waals surface area contributed by atoms with Gasteiger partial charge in [-0.05, 0) is 61.2 Å². The Morgan fingerprint density at radius 3 is 2.49 bits per heavy atom. The number of carbonyl (C=O) groups excluding carboxylic acids is 2. The fourth-order valence-electron chi connectivity index (χ4n) is 4.83. The van der Waals surface area contributed by atoms with Crippen LogP contribution < -0.4 is 4.74 Å². The number of aliphatic hydroxyl groups excluding tert-OH is 1. The van der Waals surface area contributed by atoms with E-state index in [1.165, 1.54) is 0 Å². The van der Waals surface area contributed by atoms with E-state index in [2.05, 4.69) is 27.8 Å². The zero-order valence-electron chi connectivity index (χ0n) is 21.5. The number of amides is 1. The molecule has 2 aliphatic rings. The molecule has 0 bridgehead atoms. The first-order valence-electron chi connectivity index (χ1n) is 13.0. The number of halogens is 1. The lowest BCUT2D eigenvalue weighted by molar-refractivity contribution is -0.140. The van der Waals surface area contributed by atoms with Crippen molar-refractivity contribution in [2.24, 2.45) is 0 Å². The van der Waals surface area contributed by atoms with Gasteiger partial charge in [-0.15, -0.1) is 0 Å². The number of aliphatic hydroxyl groups is 1. The molecule has 4 rings (SSSR count). The van der Waals surface area contributed by atoms with Crippen molar-refractivity contribution >= 4 is 33.4 Å². The second-order valence-corrected chi connectivity index (χ2v) is 10.4. The number of Topliss-reactive ketones (excluding diaryl/α,β-unsaturated/α-hetero) is 1. The van der Waals surface area contributed by atoms with E-state index < -0.39 is 17.7 Å². The van der Waals surface area contributed by atoms with Crippen molar-refractivity contribution in [2.45, 2.75) is 39.2 Å². The number of ether oxygens (including phenoxy) is 2. The molecule has 1 N–H and O–H groups in total. The Labute approximate surface area is 227 Å². The summed E-state index contributed by atoms with van der Waals surface area (Å²) >= 11 is 3.46. The van der Waals surface area contributed by atoms with Crippen LogP contribution in [0.4, 0.5) is 0 Å². The van der Waals surface area contributed by atoms with Crippen LogP contribution in [0.2, 0.25) is 0 Å². The number of aryl methyl sites for hydroxylation is 1. The van der Waals surface area contributed by atoms with Crippen LogP contribution >= 0.6 is 15.9 Å². The third kappa shape index (κ3) is 6.43. The number of nitrogens with zero attached hydrogens (tertiary/aromatic N) is 2. The molecule has 0 saturated carbocycles. The van der Waals surface area contributed by atoms with Crippen LogP contribution in [0.3, 0.4) is 0 Å². The van der Waals surface area contributed by atoms with Gasteiger partial charge in [0.15, 0.2) is 0 Å². The van der Waals surface area contributed by atoms with Crippen LogP contribution in [-0.4, -0.2) is 72.6 Å². The summed E-state index contributed by atoms with van der Waals surface area (Å²) in [4.78, 5) is 30.4. The Kier molecular flexibility index (Phi) is 9.40. The van der Waals surface area contributed by atoms with Crippen molar-refractivity contribution < 1.29 is 24.2 Å². The van der Waals surface area contributed by atoms with E-state index in [1.807, 2.05) is 37.3 Å². The van der Waals surface area contributed by atoms with E-state index in [1.54, 1.807) is 17.0 Å². The topological polar surface area (TPSA) is 79.3 Å². The van der Waals surface area contributed by atoms with Gasteiger partial charge in [0, 0.05) is 36.2 Å². The number of hydrogen-bond acceptors (Lipinski definition) is 6. The minimum Gasteiger partial charge on any atom is -0.507 e. The van der Waals surface area contributed by atoms with E-state index in [4.69, 9.17) is 9.47 Å². The Morgan fingerprint density at radius 2 is 1.81 bits per heavy atom. The monoisotopic (exact) mass is 570 g/mol.